The van der Waals surface area contributed by atoms with Gasteiger partial charge in [0.15, 0.2) is 0 Å². The van der Waals surface area contributed by atoms with Gasteiger partial charge < -0.3 is 15.4 Å². The van der Waals surface area contributed by atoms with Crippen molar-refractivity contribution in [2.45, 2.75) is 13.0 Å². The second-order valence-electron chi connectivity index (χ2n) is 6.06. The lowest BCUT2D eigenvalue weighted by molar-refractivity contribution is 0.449. The number of H-pyrrole nitrogens is 1. The van der Waals surface area contributed by atoms with E-state index in [9.17, 15) is 9.18 Å². The van der Waals surface area contributed by atoms with E-state index < -0.39 is 11.4 Å². The van der Waals surface area contributed by atoms with Gasteiger partial charge in [0.25, 0.3) is 5.56 Å². The average molecular weight is 423 g/mol. The summed E-state index contributed by atoms with van der Waals surface area (Å²) in [5.74, 6) is 0.0583. The average Bonchev–Trinajstić information content (AvgIpc) is 2.65. The van der Waals surface area contributed by atoms with Gasteiger partial charge in [-0.3, -0.25) is 4.79 Å². The molecule has 0 radical (unpaired) electrons. The van der Waals surface area contributed by atoms with E-state index in [1.165, 1.54) is 18.3 Å². The van der Waals surface area contributed by atoms with Crippen LogP contribution in [0.3, 0.4) is 0 Å². The molecule has 1 aliphatic rings. The highest BCUT2D eigenvalue weighted by Gasteiger charge is 2.25. The molecule has 0 atom stereocenters. The fourth-order valence-corrected chi connectivity index (χ4v) is 3.38. The van der Waals surface area contributed by atoms with E-state index in [0.29, 0.717) is 30.9 Å². The molecular formula is C17H13Cl2FN6O2. The summed E-state index contributed by atoms with van der Waals surface area (Å²) in [6.45, 7) is 0.860. The first kappa shape index (κ1) is 18.5. The Hall–Kier alpha value is -2.91. The van der Waals surface area contributed by atoms with E-state index >= 15 is 0 Å². The molecule has 4 rings (SSSR count). The molecule has 0 saturated carbocycles. The zero-order valence-electron chi connectivity index (χ0n) is 14.2. The summed E-state index contributed by atoms with van der Waals surface area (Å²) in [5.41, 5.74) is 7.23. The number of halogens is 3. The van der Waals surface area contributed by atoms with Crippen LogP contribution in [-0.4, -0.2) is 26.7 Å². The Morgan fingerprint density at radius 1 is 1.29 bits per heavy atom. The predicted octanol–water partition coefficient (Wildman–Crippen LogP) is 2.94. The van der Waals surface area contributed by atoms with Crippen molar-refractivity contribution in [3.8, 4) is 11.6 Å². The van der Waals surface area contributed by atoms with E-state index in [1.807, 2.05) is 4.90 Å². The minimum atomic E-state index is -0.472. The summed E-state index contributed by atoms with van der Waals surface area (Å²) in [5, 5.41) is 6.24. The lowest BCUT2D eigenvalue weighted by Gasteiger charge is -2.30. The summed E-state index contributed by atoms with van der Waals surface area (Å²) in [6.07, 6.45) is 1.99. The van der Waals surface area contributed by atoms with Crippen LogP contribution in [0.4, 0.5) is 16.0 Å². The summed E-state index contributed by atoms with van der Waals surface area (Å²) in [7, 11) is 0. The van der Waals surface area contributed by atoms with Crippen LogP contribution < -0.4 is 20.9 Å². The summed E-state index contributed by atoms with van der Waals surface area (Å²) < 4.78 is 19.0. The van der Waals surface area contributed by atoms with Crippen molar-refractivity contribution in [2.24, 2.45) is 0 Å². The molecule has 11 heteroatoms. The number of nitrogens with two attached hydrogens (primary N) is 1. The summed E-state index contributed by atoms with van der Waals surface area (Å²) in [4.78, 5) is 22.0. The number of hydrogen-bond acceptors (Lipinski definition) is 7. The number of benzene rings is 1. The molecule has 1 aliphatic heterocycles. The molecule has 0 amide bonds. The first-order valence-electron chi connectivity index (χ1n) is 8.18. The largest absolute Gasteiger partial charge is 0.437 e. The zero-order chi connectivity index (χ0) is 19.8. The second kappa shape index (κ2) is 7.25. The van der Waals surface area contributed by atoms with Crippen LogP contribution in [-0.2, 0) is 13.0 Å². The van der Waals surface area contributed by atoms with Gasteiger partial charge in [0.2, 0.25) is 11.8 Å². The number of anilines is 2. The van der Waals surface area contributed by atoms with Gasteiger partial charge in [0, 0.05) is 12.1 Å². The third-order valence-corrected chi connectivity index (χ3v) is 4.92. The number of rotatable bonds is 3. The van der Waals surface area contributed by atoms with E-state index in [-0.39, 0.29) is 27.6 Å². The highest BCUT2D eigenvalue weighted by molar-refractivity contribution is 6.33. The predicted molar refractivity (Wildman–Crippen MR) is 103 cm³/mol. The van der Waals surface area contributed by atoms with Crippen LogP contribution >= 0.6 is 23.2 Å². The minimum Gasteiger partial charge on any atom is -0.437 e. The first-order chi connectivity index (χ1) is 13.4. The molecule has 3 N–H and O–H groups in total. The van der Waals surface area contributed by atoms with Crippen LogP contribution in [0.1, 0.15) is 11.3 Å². The molecule has 8 nitrogen and oxygen atoms in total. The molecule has 0 saturated heterocycles. The molecule has 144 valence electrons. The fraction of sp³-hybridized carbons (Fsp3) is 0.176. The Bertz CT molecular complexity index is 1120. The maximum atomic E-state index is 13.3. The van der Waals surface area contributed by atoms with Crippen molar-refractivity contribution >= 4 is 34.8 Å². The van der Waals surface area contributed by atoms with Crippen molar-refractivity contribution in [1.82, 2.24) is 20.2 Å². The molecule has 0 unspecified atom stereocenters. The van der Waals surface area contributed by atoms with Crippen molar-refractivity contribution in [3.63, 3.8) is 0 Å². The van der Waals surface area contributed by atoms with Crippen molar-refractivity contribution in [3.05, 3.63) is 61.9 Å². The maximum Gasteiger partial charge on any atom is 0.285 e. The number of nitrogens with zero attached hydrogens (tertiary/aromatic N) is 4. The lowest BCUT2D eigenvalue weighted by Crippen LogP contribution is -2.33. The third kappa shape index (κ3) is 3.46. The maximum absolute atomic E-state index is 13.3. The van der Waals surface area contributed by atoms with Crippen LogP contribution in [0.25, 0.3) is 0 Å². The molecule has 0 fully saturated rings. The minimum absolute atomic E-state index is 0.0176. The van der Waals surface area contributed by atoms with Crippen LogP contribution in [0.5, 0.6) is 11.6 Å². The quantitative estimate of drug-likeness (QED) is 0.667. The normalized spacial score (nSPS) is 13.3. The van der Waals surface area contributed by atoms with Gasteiger partial charge in [-0.25, -0.2) is 14.5 Å². The van der Waals surface area contributed by atoms with Gasteiger partial charge in [-0.2, -0.15) is 10.1 Å². The number of nitrogen functional groups attached to an aromatic ring is 1. The second-order valence-corrected chi connectivity index (χ2v) is 6.84. The topological polar surface area (TPSA) is 110 Å². The number of hydrogen-bond donors (Lipinski definition) is 2. The van der Waals surface area contributed by atoms with Gasteiger partial charge in [0.1, 0.15) is 16.6 Å². The monoisotopic (exact) mass is 422 g/mol. The van der Waals surface area contributed by atoms with Crippen molar-refractivity contribution in [2.75, 3.05) is 17.2 Å². The smallest absolute Gasteiger partial charge is 0.285 e. The molecule has 0 bridgehead atoms. The number of ether oxygens (including phenoxy) is 1. The van der Waals surface area contributed by atoms with Crippen LogP contribution in [0.15, 0.2) is 29.2 Å². The van der Waals surface area contributed by atoms with Gasteiger partial charge in [0.05, 0.1) is 29.1 Å². The lowest BCUT2D eigenvalue weighted by atomic mass is 10.1. The summed E-state index contributed by atoms with van der Waals surface area (Å²) >= 11 is 12.1. The zero-order valence-corrected chi connectivity index (χ0v) is 15.8. The standard InChI is InChI=1S/C17H13Cl2FN6O2/c18-10-5-8(20)1-2-13(10)28-16-9-3-4-26(7-11(9)23-17(21)24-16)12-6-22-25-15(27)14(12)19/h1-2,5-6H,3-4,7H2,(H,25,27)(H2,21,23,24). The highest BCUT2D eigenvalue weighted by Crippen LogP contribution is 2.35. The van der Waals surface area contributed by atoms with E-state index in [2.05, 4.69) is 20.2 Å². The Kier molecular flexibility index (Phi) is 4.78. The van der Waals surface area contributed by atoms with E-state index in [1.54, 1.807) is 0 Å². The van der Waals surface area contributed by atoms with E-state index in [4.69, 9.17) is 33.7 Å². The van der Waals surface area contributed by atoms with Crippen LogP contribution in [0, 0.1) is 5.82 Å². The molecule has 0 spiro atoms. The molecule has 2 aromatic heterocycles. The molecule has 3 aromatic rings. The van der Waals surface area contributed by atoms with Crippen molar-refractivity contribution in [1.29, 1.82) is 0 Å². The number of fused-ring (bicyclic) bond motifs is 1. The Morgan fingerprint density at radius 3 is 2.89 bits per heavy atom. The Morgan fingerprint density at radius 2 is 2.11 bits per heavy atom. The van der Waals surface area contributed by atoms with Gasteiger partial charge in [-0.05, 0) is 24.6 Å². The fourth-order valence-electron chi connectivity index (χ4n) is 2.96. The Labute approximate surface area is 168 Å². The highest BCUT2D eigenvalue weighted by atomic mass is 35.5. The third-order valence-electron chi connectivity index (χ3n) is 4.26. The number of aromatic amines is 1. The summed E-state index contributed by atoms with van der Waals surface area (Å²) in [6, 6.07) is 3.80. The molecule has 0 aliphatic carbocycles. The van der Waals surface area contributed by atoms with Gasteiger partial charge in [-0.1, -0.05) is 23.2 Å². The SMILES string of the molecule is Nc1nc2c(c(Oc3ccc(F)cc3Cl)n1)CCN(c1cn[nH]c(=O)c1Cl)C2. The van der Waals surface area contributed by atoms with Gasteiger partial charge >= 0.3 is 0 Å². The van der Waals surface area contributed by atoms with E-state index in [0.717, 1.165) is 11.6 Å². The molecule has 28 heavy (non-hydrogen) atoms. The molecule has 3 heterocycles. The van der Waals surface area contributed by atoms with Crippen LogP contribution in [0.2, 0.25) is 10.0 Å². The molecular weight excluding hydrogens is 410 g/mol. The van der Waals surface area contributed by atoms with Gasteiger partial charge in [-0.15, -0.1) is 0 Å². The Balaban J connectivity index is 1.68. The number of aromatic nitrogens is 4. The molecule has 1 aromatic carbocycles. The number of nitrogens with one attached hydrogen (secondary N) is 1. The van der Waals surface area contributed by atoms with Crippen molar-refractivity contribution < 1.29 is 9.13 Å². The first-order valence-corrected chi connectivity index (χ1v) is 8.94.